The van der Waals surface area contributed by atoms with Crippen molar-refractivity contribution in [2.75, 3.05) is 12.4 Å². The van der Waals surface area contributed by atoms with Gasteiger partial charge < -0.3 is 15.8 Å². The number of carbonyl (C=O) groups excluding carboxylic acids is 1. The summed E-state index contributed by atoms with van der Waals surface area (Å²) in [6.07, 6.45) is 0.667. The number of nitrogens with two attached hydrogens (primary N) is 1. The first kappa shape index (κ1) is 12.4. The van der Waals surface area contributed by atoms with E-state index in [2.05, 4.69) is 5.32 Å². The van der Waals surface area contributed by atoms with Crippen LogP contribution in [0.1, 0.15) is 18.9 Å². The SMILES string of the molecule is CCC(Nc1ccc(OC)cc1C)C(N)=O. The lowest BCUT2D eigenvalue weighted by molar-refractivity contribution is -0.118. The molecule has 16 heavy (non-hydrogen) atoms. The number of hydrogen-bond donors (Lipinski definition) is 2. The molecule has 0 bridgehead atoms. The molecule has 1 atom stereocenters. The molecule has 0 aromatic heterocycles. The fourth-order valence-corrected chi connectivity index (χ4v) is 1.49. The van der Waals surface area contributed by atoms with Crippen LogP contribution < -0.4 is 15.8 Å². The Bertz CT molecular complexity index is 377. The number of hydrogen-bond acceptors (Lipinski definition) is 3. The van der Waals surface area contributed by atoms with Crippen molar-refractivity contribution in [2.45, 2.75) is 26.3 Å². The second kappa shape index (κ2) is 5.39. The molecule has 1 aromatic carbocycles. The van der Waals surface area contributed by atoms with Gasteiger partial charge in [-0.3, -0.25) is 4.79 Å². The number of ether oxygens (including phenoxy) is 1. The van der Waals surface area contributed by atoms with E-state index in [4.69, 9.17) is 10.5 Å². The highest BCUT2D eigenvalue weighted by molar-refractivity contribution is 5.83. The van der Waals surface area contributed by atoms with E-state index in [1.54, 1.807) is 7.11 Å². The van der Waals surface area contributed by atoms with Gasteiger partial charge in [-0.1, -0.05) is 6.92 Å². The molecule has 1 aromatic rings. The second-order valence-electron chi connectivity index (χ2n) is 3.69. The summed E-state index contributed by atoms with van der Waals surface area (Å²) in [5.74, 6) is 0.466. The van der Waals surface area contributed by atoms with E-state index < -0.39 is 0 Å². The average molecular weight is 222 g/mol. The molecule has 0 aliphatic carbocycles. The molecule has 0 radical (unpaired) electrons. The third-order valence-electron chi connectivity index (χ3n) is 2.51. The van der Waals surface area contributed by atoms with Crippen molar-refractivity contribution in [3.05, 3.63) is 23.8 Å². The highest BCUT2D eigenvalue weighted by Gasteiger charge is 2.13. The van der Waals surface area contributed by atoms with Crippen LogP contribution in [0.2, 0.25) is 0 Å². The summed E-state index contributed by atoms with van der Waals surface area (Å²) >= 11 is 0. The Morgan fingerprint density at radius 2 is 2.25 bits per heavy atom. The van der Waals surface area contributed by atoms with Crippen LogP contribution in [0.15, 0.2) is 18.2 Å². The van der Waals surface area contributed by atoms with E-state index in [1.807, 2.05) is 32.0 Å². The third kappa shape index (κ3) is 2.89. The molecule has 0 fully saturated rings. The molecular formula is C12H18N2O2. The zero-order chi connectivity index (χ0) is 12.1. The number of primary amides is 1. The highest BCUT2D eigenvalue weighted by atomic mass is 16.5. The smallest absolute Gasteiger partial charge is 0.239 e. The maximum atomic E-state index is 11.1. The van der Waals surface area contributed by atoms with Crippen molar-refractivity contribution in [1.82, 2.24) is 0 Å². The van der Waals surface area contributed by atoms with Crippen molar-refractivity contribution >= 4 is 11.6 Å². The van der Waals surface area contributed by atoms with E-state index in [-0.39, 0.29) is 11.9 Å². The summed E-state index contributed by atoms with van der Waals surface area (Å²) in [5.41, 5.74) is 7.21. The zero-order valence-corrected chi connectivity index (χ0v) is 9.91. The molecule has 4 nitrogen and oxygen atoms in total. The number of carbonyl (C=O) groups is 1. The first-order valence-electron chi connectivity index (χ1n) is 5.29. The molecule has 1 rings (SSSR count). The van der Waals surface area contributed by atoms with Crippen molar-refractivity contribution < 1.29 is 9.53 Å². The molecule has 1 unspecified atom stereocenters. The summed E-state index contributed by atoms with van der Waals surface area (Å²) < 4.78 is 5.11. The van der Waals surface area contributed by atoms with E-state index in [1.165, 1.54) is 0 Å². The van der Waals surface area contributed by atoms with Crippen LogP contribution in [-0.4, -0.2) is 19.1 Å². The third-order valence-corrected chi connectivity index (χ3v) is 2.51. The quantitative estimate of drug-likeness (QED) is 0.796. The van der Waals surface area contributed by atoms with Gasteiger partial charge in [-0.15, -0.1) is 0 Å². The van der Waals surface area contributed by atoms with E-state index in [0.717, 1.165) is 17.0 Å². The van der Waals surface area contributed by atoms with Gasteiger partial charge in [-0.25, -0.2) is 0 Å². The maximum Gasteiger partial charge on any atom is 0.239 e. The predicted octanol–water partition coefficient (Wildman–Crippen LogP) is 1.68. The molecule has 4 heteroatoms. The maximum absolute atomic E-state index is 11.1. The highest BCUT2D eigenvalue weighted by Crippen LogP contribution is 2.21. The number of anilines is 1. The van der Waals surface area contributed by atoms with Crippen LogP contribution in [0.25, 0.3) is 0 Å². The van der Waals surface area contributed by atoms with Gasteiger partial charge >= 0.3 is 0 Å². The normalized spacial score (nSPS) is 11.9. The van der Waals surface area contributed by atoms with Crippen LogP contribution in [0.4, 0.5) is 5.69 Å². The summed E-state index contributed by atoms with van der Waals surface area (Å²) in [5, 5.41) is 3.12. The molecule has 0 spiro atoms. The minimum absolute atomic E-state index is 0.327. The number of rotatable bonds is 5. The molecule has 3 N–H and O–H groups in total. The summed E-state index contributed by atoms with van der Waals surface area (Å²) in [6, 6.07) is 5.32. The lowest BCUT2D eigenvalue weighted by atomic mass is 10.1. The van der Waals surface area contributed by atoms with Gasteiger partial charge in [-0.2, -0.15) is 0 Å². The van der Waals surface area contributed by atoms with Crippen LogP contribution in [0, 0.1) is 6.92 Å². The van der Waals surface area contributed by atoms with E-state index >= 15 is 0 Å². The van der Waals surface area contributed by atoms with E-state index in [0.29, 0.717) is 6.42 Å². The fraction of sp³-hybridized carbons (Fsp3) is 0.417. The summed E-state index contributed by atoms with van der Waals surface area (Å²) in [4.78, 5) is 11.1. The average Bonchev–Trinajstić information content (AvgIpc) is 2.26. The number of aryl methyl sites for hydroxylation is 1. The standard InChI is InChI=1S/C12H18N2O2/c1-4-10(12(13)15)14-11-6-5-9(16-3)7-8(11)2/h5-7,10,14H,4H2,1-3H3,(H2,13,15). The monoisotopic (exact) mass is 222 g/mol. The molecule has 0 heterocycles. The molecule has 0 saturated heterocycles. The fourth-order valence-electron chi connectivity index (χ4n) is 1.49. The molecule has 88 valence electrons. The van der Waals surface area contributed by atoms with Gasteiger partial charge in [0.1, 0.15) is 11.8 Å². The van der Waals surface area contributed by atoms with Gasteiger partial charge in [-0.05, 0) is 37.1 Å². The Morgan fingerprint density at radius 3 is 2.69 bits per heavy atom. The van der Waals surface area contributed by atoms with Gasteiger partial charge in [0.05, 0.1) is 7.11 Å². The number of benzene rings is 1. The molecule has 0 aliphatic rings. The van der Waals surface area contributed by atoms with Gasteiger partial charge in [0, 0.05) is 5.69 Å². The number of methoxy groups -OCH3 is 1. The van der Waals surface area contributed by atoms with Crippen LogP contribution >= 0.6 is 0 Å². The Balaban J connectivity index is 2.84. The van der Waals surface area contributed by atoms with Crippen LogP contribution in [0.3, 0.4) is 0 Å². The Labute approximate surface area is 95.8 Å². The number of amides is 1. The minimum atomic E-state index is -0.335. The van der Waals surface area contributed by atoms with Crippen molar-refractivity contribution in [2.24, 2.45) is 5.73 Å². The Hall–Kier alpha value is -1.71. The Morgan fingerprint density at radius 1 is 1.56 bits per heavy atom. The molecule has 1 amide bonds. The lowest BCUT2D eigenvalue weighted by Gasteiger charge is -2.17. The van der Waals surface area contributed by atoms with Crippen molar-refractivity contribution in [3.63, 3.8) is 0 Å². The summed E-state index contributed by atoms with van der Waals surface area (Å²) in [7, 11) is 1.63. The lowest BCUT2D eigenvalue weighted by Crippen LogP contribution is -2.34. The minimum Gasteiger partial charge on any atom is -0.497 e. The topological polar surface area (TPSA) is 64.3 Å². The van der Waals surface area contributed by atoms with Gasteiger partial charge in [0.25, 0.3) is 0 Å². The van der Waals surface area contributed by atoms with Crippen molar-refractivity contribution in [3.8, 4) is 5.75 Å². The van der Waals surface area contributed by atoms with Gasteiger partial charge in [0.2, 0.25) is 5.91 Å². The molecule has 0 aliphatic heterocycles. The second-order valence-corrected chi connectivity index (χ2v) is 3.69. The first-order chi connectivity index (χ1) is 7.58. The largest absolute Gasteiger partial charge is 0.497 e. The predicted molar refractivity (Wildman–Crippen MR) is 64.6 cm³/mol. The molecular weight excluding hydrogens is 204 g/mol. The summed E-state index contributed by atoms with van der Waals surface area (Å²) in [6.45, 7) is 3.87. The zero-order valence-electron chi connectivity index (χ0n) is 9.91. The van der Waals surface area contributed by atoms with E-state index in [9.17, 15) is 4.79 Å². The first-order valence-corrected chi connectivity index (χ1v) is 5.29. The van der Waals surface area contributed by atoms with Crippen LogP contribution in [0.5, 0.6) is 5.75 Å². The number of nitrogens with one attached hydrogen (secondary N) is 1. The molecule has 0 saturated carbocycles. The Kier molecular flexibility index (Phi) is 4.17. The van der Waals surface area contributed by atoms with Crippen molar-refractivity contribution in [1.29, 1.82) is 0 Å². The van der Waals surface area contributed by atoms with Crippen LogP contribution in [-0.2, 0) is 4.79 Å². The van der Waals surface area contributed by atoms with Gasteiger partial charge in [0.15, 0.2) is 0 Å².